The van der Waals surface area contributed by atoms with Crippen molar-refractivity contribution < 1.29 is 13.9 Å². The van der Waals surface area contributed by atoms with Gasteiger partial charge in [-0.25, -0.2) is 9.78 Å². The van der Waals surface area contributed by atoms with Crippen LogP contribution < -0.4 is 10.9 Å². The van der Waals surface area contributed by atoms with Crippen LogP contribution in [0.15, 0.2) is 21.5 Å². The highest BCUT2D eigenvalue weighted by molar-refractivity contribution is 5.95. The van der Waals surface area contributed by atoms with E-state index in [1.807, 2.05) is 13.8 Å². The summed E-state index contributed by atoms with van der Waals surface area (Å²) in [6.07, 6.45) is 3.34. The lowest BCUT2D eigenvalue weighted by molar-refractivity contribution is 0.0795. The van der Waals surface area contributed by atoms with Crippen molar-refractivity contribution in [3.05, 3.63) is 51.1 Å². The summed E-state index contributed by atoms with van der Waals surface area (Å²) >= 11 is 0. The van der Waals surface area contributed by atoms with Gasteiger partial charge in [-0.05, 0) is 45.2 Å². The van der Waals surface area contributed by atoms with Crippen molar-refractivity contribution in [1.82, 2.24) is 15.3 Å². The minimum atomic E-state index is -0.596. The van der Waals surface area contributed by atoms with Crippen LogP contribution in [0.5, 0.6) is 0 Å². The Morgan fingerprint density at radius 3 is 2.68 bits per heavy atom. The van der Waals surface area contributed by atoms with Gasteiger partial charge in [-0.1, -0.05) is 0 Å². The molecule has 7 nitrogen and oxygen atoms in total. The van der Waals surface area contributed by atoms with Crippen LogP contribution in [0, 0.1) is 13.8 Å². The van der Waals surface area contributed by atoms with Crippen LogP contribution in [-0.4, -0.2) is 29.1 Å². The Bertz CT molecular complexity index is 818. The van der Waals surface area contributed by atoms with Gasteiger partial charge < -0.3 is 19.5 Å². The first-order chi connectivity index (χ1) is 12.0. The van der Waals surface area contributed by atoms with Crippen LogP contribution in [-0.2, 0) is 4.74 Å². The number of aryl methyl sites for hydroxylation is 2. The van der Waals surface area contributed by atoms with Crippen molar-refractivity contribution in [2.45, 2.75) is 45.6 Å². The number of imidazole rings is 1. The van der Waals surface area contributed by atoms with E-state index in [1.54, 1.807) is 19.2 Å². The van der Waals surface area contributed by atoms with Gasteiger partial charge in [0.25, 0.3) is 5.91 Å². The van der Waals surface area contributed by atoms with Gasteiger partial charge in [0, 0.05) is 31.0 Å². The molecule has 0 spiro atoms. The van der Waals surface area contributed by atoms with E-state index in [4.69, 9.17) is 9.15 Å². The van der Waals surface area contributed by atoms with Crippen LogP contribution in [0.4, 0.5) is 0 Å². The summed E-state index contributed by atoms with van der Waals surface area (Å²) in [6, 6.07) is 1.46. The lowest BCUT2D eigenvalue weighted by Gasteiger charge is -2.21. The molecule has 0 bridgehead atoms. The van der Waals surface area contributed by atoms with E-state index in [9.17, 15) is 9.59 Å². The quantitative estimate of drug-likeness (QED) is 0.886. The minimum absolute atomic E-state index is 0.0472. The lowest BCUT2D eigenvalue weighted by atomic mass is 9.95. The molecule has 1 fully saturated rings. The maximum absolute atomic E-state index is 12.5. The number of aromatic amines is 1. The topological polar surface area (TPSA) is 97.2 Å². The number of nitrogens with zero attached hydrogens (tertiary/aromatic N) is 1. The normalized spacial score (nSPS) is 16.6. The fourth-order valence-corrected chi connectivity index (χ4v) is 3.08. The Kier molecular flexibility index (Phi) is 5.03. The number of hydrogen-bond donors (Lipinski definition) is 2. The van der Waals surface area contributed by atoms with Crippen LogP contribution in [0.3, 0.4) is 0 Å². The van der Waals surface area contributed by atoms with Gasteiger partial charge in [0.05, 0.1) is 6.04 Å². The molecule has 134 valence electrons. The summed E-state index contributed by atoms with van der Waals surface area (Å²) in [5.74, 6) is 0.998. The molecule has 2 N–H and O–H groups in total. The third kappa shape index (κ3) is 3.82. The second-order valence-electron chi connectivity index (χ2n) is 6.53. The molecule has 3 heterocycles. The van der Waals surface area contributed by atoms with Crippen molar-refractivity contribution in [2.75, 3.05) is 13.2 Å². The van der Waals surface area contributed by atoms with Crippen molar-refractivity contribution in [1.29, 1.82) is 0 Å². The zero-order valence-electron chi connectivity index (χ0n) is 14.7. The number of carbonyl (C=O) groups excluding carboxylic acids is 1. The van der Waals surface area contributed by atoms with Crippen molar-refractivity contribution >= 4 is 5.91 Å². The van der Waals surface area contributed by atoms with Gasteiger partial charge in [0.2, 0.25) is 0 Å². The molecule has 0 saturated carbocycles. The Labute approximate surface area is 145 Å². The van der Waals surface area contributed by atoms with Gasteiger partial charge in [0.15, 0.2) is 0 Å². The first kappa shape index (κ1) is 17.4. The van der Waals surface area contributed by atoms with Gasteiger partial charge in [-0.2, -0.15) is 0 Å². The SMILES string of the molecule is Cc1cnc(C(C)NC(=O)c2c(C)cc(C3CCOCC3)oc2=O)[nH]1. The van der Waals surface area contributed by atoms with Crippen molar-refractivity contribution in [3.8, 4) is 0 Å². The molecule has 0 aliphatic carbocycles. The molecule has 2 aromatic rings. The zero-order valence-corrected chi connectivity index (χ0v) is 14.7. The molecule has 7 heteroatoms. The lowest BCUT2D eigenvalue weighted by Crippen LogP contribution is -2.32. The second-order valence-corrected chi connectivity index (χ2v) is 6.53. The fourth-order valence-electron chi connectivity index (χ4n) is 3.08. The van der Waals surface area contributed by atoms with Gasteiger partial charge in [-0.3, -0.25) is 4.79 Å². The highest BCUT2D eigenvalue weighted by atomic mass is 16.5. The number of hydrogen-bond acceptors (Lipinski definition) is 5. The predicted molar refractivity (Wildman–Crippen MR) is 91.7 cm³/mol. The molecule has 2 aromatic heterocycles. The van der Waals surface area contributed by atoms with E-state index in [1.165, 1.54) is 0 Å². The second kappa shape index (κ2) is 7.23. The average molecular weight is 345 g/mol. The largest absolute Gasteiger partial charge is 0.427 e. The number of ether oxygens (including phenoxy) is 1. The molecule has 1 unspecified atom stereocenters. The molecular formula is C18H23N3O4. The number of rotatable bonds is 4. The fraction of sp³-hybridized carbons (Fsp3) is 0.500. The van der Waals surface area contributed by atoms with Crippen molar-refractivity contribution in [3.63, 3.8) is 0 Å². The molecular weight excluding hydrogens is 322 g/mol. The minimum Gasteiger partial charge on any atom is -0.427 e. The average Bonchev–Trinajstić information content (AvgIpc) is 3.01. The summed E-state index contributed by atoms with van der Waals surface area (Å²) in [4.78, 5) is 32.2. The number of nitrogens with one attached hydrogen (secondary N) is 2. The molecule has 1 aliphatic rings. The molecule has 0 aromatic carbocycles. The van der Waals surface area contributed by atoms with Gasteiger partial charge in [-0.15, -0.1) is 0 Å². The van der Waals surface area contributed by atoms with E-state index in [0.717, 1.165) is 18.5 Å². The Balaban J connectivity index is 1.79. The number of amides is 1. The van der Waals surface area contributed by atoms with E-state index >= 15 is 0 Å². The van der Waals surface area contributed by atoms with Crippen LogP contribution in [0.2, 0.25) is 0 Å². The summed E-state index contributed by atoms with van der Waals surface area (Å²) in [6.45, 7) is 6.78. The number of aromatic nitrogens is 2. The maximum Gasteiger partial charge on any atom is 0.349 e. The van der Waals surface area contributed by atoms with Gasteiger partial charge in [0.1, 0.15) is 17.1 Å². The smallest absolute Gasteiger partial charge is 0.349 e. The van der Waals surface area contributed by atoms with E-state index < -0.39 is 11.5 Å². The van der Waals surface area contributed by atoms with Crippen molar-refractivity contribution in [2.24, 2.45) is 0 Å². The first-order valence-corrected chi connectivity index (χ1v) is 8.50. The van der Waals surface area contributed by atoms with Gasteiger partial charge >= 0.3 is 5.63 Å². The summed E-state index contributed by atoms with van der Waals surface area (Å²) in [5.41, 5.74) is 0.985. The Morgan fingerprint density at radius 1 is 1.36 bits per heavy atom. The monoisotopic (exact) mass is 345 g/mol. The van der Waals surface area contributed by atoms with E-state index in [0.29, 0.717) is 30.4 Å². The molecule has 1 amide bonds. The predicted octanol–water partition coefficient (Wildman–Crippen LogP) is 2.36. The van der Waals surface area contributed by atoms with Crippen LogP contribution in [0.25, 0.3) is 0 Å². The third-order valence-electron chi connectivity index (χ3n) is 4.50. The molecule has 1 aliphatic heterocycles. The molecule has 25 heavy (non-hydrogen) atoms. The number of carbonyl (C=O) groups is 1. The van der Waals surface area contributed by atoms with E-state index in [-0.39, 0.29) is 17.5 Å². The summed E-state index contributed by atoms with van der Waals surface area (Å²) in [7, 11) is 0. The molecule has 1 saturated heterocycles. The summed E-state index contributed by atoms with van der Waals surface area (Å²) < 4.78 is 10.8. The highest BCUT2D eigenvalue weighted by Gasteiger charge is 2.24. The van der Waals surface area contributed by atoms with Crippen LogP contribution in [0.1, 0.15) is 64.9 Å². The highest BCUT2D eigenvalue weighted by Crippen LogP contribution is 2.27. The Hall–Kier alpha value is -2.41. The maximum atomic E-state index is 12.5. The standard InChI is InChI=1S/C18H23N3O4/c1-10-8-14(13-4-6-24-7-5-13)25-18(23)15(10)17(22)21-12(3)16-19-9-11(2)20-16/h8-9,12-13H,4-7H2,1-3H3,(H,19,20)(H,21,22). The van der Waals surface area contributed by atoms with E-state index in [2.05, 4.69) is 15.3 Å². The molecule has 0 radical (unpaired) electrons. The molecule has 3 rings (SSSR count). The first-order valence-electron chi connectivity index (χ1n) is 8.50. The Morgan fingerprint density at radius 2 is 2.08 bits per heavy atom. The number of H-pyrrole nitrogens is 1. The molecule has 1 atom stereocenters. The zero-order chi connectivity index (χ0) is 18.0. The third-order valence-corrected chi connectivity index (χ3v) is 4.50. The summed E-state index contributed by atoms with van der Waals surface area (Å²) in [5, 5.41) is 2.79. The van der Waals surface area contributed by atoms with Crippen LogP contribution >= 0.6 is 0 Å².